The van der Waals surface area contributed by atoms with Gasteiger partial charge in [0.2, 0.25) is 0 Å². The monoisotopic (exact) mass is 257 g/mol. The summed E-state index contributed by atoms with van der Waals surface area (Å²) in [5.41, 5.74) is 0. The maximum absolute atomic E-state index is 11.8. The van der Waals surface area contributed by atoms with Crippen LogP contribution in [0.3, 0.4) is 0 Å². The van der Waals surface area contributed by atoms with Crippen LogP contribution in [0.15, 0.2) is 11.6 Å². The van der Waals surface area contributed by atoms with Crippen LogP contribution < -0.4 is 5.32 Å². The van der Waals surface area contributed by atoms with Gasteiger partial charge in [-0.1, -0.05) is 0 Å². The number of hydrogen-bond donors (Lipinski definition) is 1. The van der Waals surface area contributed by atoms with Crippen molar-refractivity contribution in [2.75, 3.05) is 33.8 Å². The number of carbonyl (C=O) groups excluding carboxylic acids is 1. The number of nitrogens with zero attached hydrogens (tertiary/aromatic N) is 2. The SMILES string of the molecule is CCOC(=O)C(NCCN(C)C)c1nccs1. The van der Waals surface area contributed by atoms with Gasteiger partial charge in [0.05, 0.1) is 6.61 Å². The molecule has 0 aliphatic carbocycles. The highest BCUT2D eigenvalue weighted by atomic mass is 32.1. The molecule has 0 spiro atoms. The number of hydrogen-bond acceptors (Lipinski definition) is 6. The number of nitrogens with one attached hydrogen (secondary N) is 1. The van der Waals surface area contributed by atoms with Crippen LogP contribution in [0.5, 0.6) is 0 Å². The standard InChI is InChI=1S/C11H19N3O2S/c1-4-16-11(15)9(10-13-6-8-17-10)12-5-7-14(2)3/h6,8-9,12H,4-5,7H2,1-3H3. The third-order valence-corrected chi connectivity index (χ3v) is 2.97. The molecular weight excluding hydrogens is 238 g/mol. The fraction of sp³-hybridized carbons (Fsp3) is 0.636. The lowest BCUT2D eigenvalue weighted by Gasteiger charge is -2.16. The molecule has 0 aliphatic rings. The maximum Gasteiger partial charge on any atom is 0.330 e. The maximum atomic E-state index is 11.8. The van der Waals surface area contributed by atoms with E-state index in [0.29, 0.717) is 6.61 Å². The molecule has 0 radical (unpaired) electrons. The number of likely N-dealkylation sites (N-methyl/N-ethyl adjacent to an activating group) is 1. The molecule has 1 rings (SSSR count). The van der Waals surface area contributed by atoms with E-state index in [1.165, 1.54) is 11.3 Å². The van der Waals surface area contributed by atoms with Crippen molar-refractivity contribution in [1.82, 2.24) is 15.2 Å². The Labute approximate surface area is 106 Å². The second-order valence-electron chi connectivity index (χ2n) is 3.81. The molecule has 1 N–H and O–H groups in total. The van der Waals surface area contributed by atoms with Crippen molar-refractivity contribution in [3.63, 3.8) is 0 Å². The highest BCUT2D eigenvalue weighted by Crippen LogP contribution is 2.16. The first-order chi connectivity index (χ1) is 8.15. The zero-order chi connectivity index (χ0) is 12.7. The Balaban J connectivity index is 2.57. The molecule has 0 saturated carbocycles. The Morgan fingerprint density at radius 3 is 2.94 bits per heavy atom. The number of thiazole rings is 1. The minimum atomic E-state index is -0.449. The highest BCUT2D eigenvalue weighted by Gasteiger charge is 2.23. The van der Waals surface area contributed by atoms with Gasteiger partial charge in [0.15, 0.2) is 6.04 Å². The zero-order valence-corrected chi connectivity index (χ0v) is 11.3. The average molecular weight is 257 g/mol. The molecule has 0 fully saturated rings. The minimum Gasteiger partial charge on any atom is -0.465 e. The third kappa shape index (κ3) is 4.80. The summed E-state index contributed by atoms with van der Waals surface area (Å²) in [4.78, 5) is 18.0. The smallest absolute Gasteiger partial charge is 0.330 e. The largest absolute Gasteiger partial charge is 0.465 e. The molecule has 96 valence electrons. The lowest BCUT2D eigenvalue weighted by Crippen LogP contribution is -2.34. The summed E-state index contributed by atoms with van der Waals surface area (Å²) in [6.07, 6.45) is 1.69. The van der Waals surface area contributed by atoms with E-state index in [2.05, 4.69) is 15.2 Å². The molecule has 6 heteroatoms. The fourth-order valence-electron chi connectivity index (χ4n) is 1.31. The summed E-state index contributed by atoms with van der Waals surface area (Å²) in [6.45, 7) is 3.77. The van der Waals surface area contributed by atoms with Crippen molar-refractivity contribution < 1.29 is 9.53 Å². The molecule has 0 saturated heterocycles. The van der Waals surface area contributed by atoms with Crippen molar-refractivity contribution in [3.05, 3.63) is 16.6 Å². The number of aromatic nitrogens is 1. The second kappa shape index (κ2) is 7.37. The molecule has 0 bridgehead atoms. The Bertz CT molecular complexity index is 327. The van der Waals surface area contributed by atoms with Gasteiger partial charge in [-0.3, -0.25) is 5.32 Å². The lowest BCUT2D eigenvalue weighted by molar-refractivity contribution is -0.145. The van der Waals surface area contributed by atoms with Crippen LogP contribution in [0, 0.1) is 0 Å². The summed E-state index contributed by atoms with van der Waals surface area (Å²) < 4.78 is 5.04. The van der Waals surface area contributed by atoms with Gasteiger partial charge in [0.25, 0.3) is 0 Å². The van der Waals surface area contributed by atoms with Gasteiger partial charge in [-0.05, 0) is 21.0 Å². The van der Waals surface area contributed by atoms with Gasteiger partial charge in [0, 0.05) is 24.7 Å². The van der Waals surface area contributed by atoms with E-state index in [4.69, 9.17) is 4.74 Å². The van der Waals surface area contributed by atoms with E-state index in [1.807, 2.05) is 19.5 Å². The van der Waals surface area contributed by atoms with Crippen LogP contribution in [0.4, 0.5) is 0 Å². The molecular formula is C11H19N3O2S. The fourth-order valence-corrected chi connectivity index (χ4v) is 2.01. The molecule has 1 unspecified atom stereocenters. The van der Waals surface area contributed by atoms with Crippen molar-refractivity contribution in [2.24, 2.45) is 0 Å². The predicted octanol–water partition coefficient (Wildman–Crippen LogP) is 0.899. The van der Waals surface area contributed by atoms with Gasteiger partial charge in [-0.25, -0.2) is 9.78 Å². The van der Waals surface area contributed by atoms with E-state index < -0.39 is 6.04 Å². The molecule has 5 nitrogen and oxygen atoms in total. The predicted molar refractivity (Wildman–Crippen MR) is 68.0 cm³/mol. The molecule has 1 aromatic rings. The van der Waals surface area contributed by atoms with Gasteiger partial charge in [-0.2, -0.15) is 0 Å². The summed E-state index contributed by atoms with van der Waals surface area (Å²) in [7, 11) is 3.98. The van der Waals surface area contributed by atoms with E-state index in [9.17, 15) is 4.79 Å². The highest BCUT2D eigenvalue weighted by molar-refractivity contribution is 7.09. The Morgan fingerprint density at radius 2 is 2.41 bits per heavy atom. The van der Waals surface area contributed by atoms with Crippen LogP contribution >= 0.6 is 11.3 Å². The first kappa shape index (κ1) is 14.1. The van der Waals surface area contributed by atoms with Crippen molar-refractivity contribution in [3.8, 4) is 0 Å². The first-order valence-corrected chi connectivity index (χ1v) is 6.47. The molecule has 17 heavy (non-hydrogen) atoms. The second-order valence-corrected chi connectivity index (χ2v) is 4.74. The number of esters is 1. The summed E-state index contributed by atoms with van der Waals surface area (Å²) >= 11 is 1.46. The minimum absolute atomic E-state index is 0.263. The molecule has 0 aliphatic heterocycles. The summed E-state index contributed by atoms with van der Waals surface area (Å²) in [5, 5.41) is 5.78. The Morgan fingerprint density at radius 1 is 1.65 bits per heavy atom. The molecule has 0 aromatic carbocycles. The van der Waals surface area contributed by atoms with E-state index in [1.54, 1.807) is 13.1 Å². The van der Waals surface area contributed by atoms with E-state index in [-0.39, 0.29) is 5.97 Å². The summed E-state index contributed by atoms with van der Waals surface area (Å²) in [5.74, 6) is -0.263. The van der Waals surface area contributed by atoms with Crippen LogP contribution in [0.2, 0.25) is 0 Å². The molecule has 0 amide bonds. The zero-order valence-electron chi connectivity index (χ0n) is 10.5. The topological polar surface area (TPSA) is 54.5 Å². The number of rotatable bonds is 7. The van der Waals surface area contributed by atoms with Crippen molar-refractivity contribution in [1.29, 1.82) is 0 Å². The van der Waals surface area contributed by atoms with Gasteiger partial charge in [0.1, 0.15) is 5.01 Å². The quantitative estimate of drug-likeness (QED) is 0.736. The van der Waals surface area contributed by atoms with Gasteiger partial charge < -0.3 is 9.64 Å². The van der Waals surface area contributed by atoms with E-state index >= 15 is 0 Å². The molecule has 1 heterocycles. The van der Waals surface area contributed by atoms with E-state index in [0.717, 1.165) is 18.1 Å². The van der Waals surface area contributed by atoms with Crippen LogP contribution in [-0.2, 0) is 9.53 Å². The van der Waals surface area contributed by atoms with Gasteiger partial charge >= 0.3 is 5.97 Å². The van der Waals surface area contributed by atoms with Gasteiger partial charge in [-0.15, -0.1) is 11.3 Å². The van der Waals surface area contributed by atoms with Crippen LogP contribution in [-0.4, -0.2) is 49.6 Å². The molecule has 1 aromatic heterocycles. The van der Waals surface area contributed by atoms with Crippen molar-refractivity contribution >= 4 is 17.3 Å². The Hall–Kier alpha value is -0.980. The first-order valence-electron chi connectivity index (χ1n) is 5.59. The average Bonchev–Trinajstić information content (AvgIpc) is 2.77. The lowest BCUT2D eigenvalue weighted by atomic mass is 10.3. The number of carbonyl (C=O) groups is 1. The summed E-state index contributed by atoms with van der Waals surface area (Å²) in [6, 6.07) is -0.449. The Kier molecular flexibility index (Phi) is 6.10. The van der Waals surface area contributed by atoms with Crippen LogP contribution in [0.1, 0.15) is 18.0 Å². The molecule has 1 atom stereocenters. The van der Waals surface area contributed by atoms with Crippen molar-refractivity contribution in [2.45, 2.75) is 13.0 Å². The third-order valence-electron chi connectivity index (χ3n) is 2.13. The number of ether oxygens (including phenoxy) is 1. The van der Waals surface area contributed by atoms with Crippen LogP contribution in [0.25, 0.3) is 0 Å². The normalized spacial score (nSPS) is 12.7.